The fourth-order valence-corrected chi connectivity index (χ4v) is 4.48. The molecule has 3 aromatic rings. The molecule has 5 rings (SSSR count). The summed E-state index contributed by atoms with van der Waals surface area (Å²) in [6.07, 6.45) is 0. The molecule has 11 heteroatoms. The summed E-state index contributed by atoms with van der Waals surface area (Å²) >= 11 is 0. The molecule has 2 N–H and O–H groups in total. The number of amidine groups is 1. The van der Waals surface area contributed by atoms with Gasteiger partial charge in [0.1, 0.15) is 18.9 Å². The number of aliphatic imine (C=N–C) groups is 1. The lowest BCUT2D eigenvalue weighted by Crippen LogP contribution is -2.47. The number of hydrogen-bond donors (Lipinski definition) is 2. The summed E-state index contributed by atoms with van der Waals surface area (Å²) in [5.74, 6) is -0.659. The summed E-state index contributed by atoms with van der Waals surface area (Å²) in [6, 6.07) is 21.0. The second kappa shape index (κ2) is 11.2. The number of benzene rings is 3. The van der Waals surface area contributed by atoms with Crippen molar-refractivity contribution in [3.63, 3.8) is 0 Å². The summed E-state index contributed by atoms with van der Waals surface area (Å²) in [5.41, 5.74) is 4.69. The van der Waals surface area contributed by atoms with Crippen LogP contribution in [0.2, 0.25) is 0 Å². The van der Waals surface area contributed by atoms with Gasteiger partial charge in [0.25, 0.3) is 11.8 Å². The molecule has 204 valence electrons. The zero-order valence-corrected chi connectivity index (χ0v) is 22.1. The lowest BCUT2D eigenvalue weighted by Gasteiger charge is -2.28. The minimum absolute atomic E-state index is 0.00193. The number of hydrogen-bond acceptors (Lipinski definition) is 9. The highest BCUT2D eigenvalue weighted by molar-refractivity contribution is 6.61. The zero-order chi connectivity index (χ0) is 28.4. The molecule has 0 fully saturated rings. The van der Waals surface area contributed by atoms with Gasteiger partial charge in [0.05, 0.1) is 22.6 Å². The summed E-state index contributed by atoms with van der Waals surface area (Å²) in [5, 5.41) is 23.3. The highest BCUT2D eigenvalue weighted by Gasteiger charge is 2.45. The van der Waals surface area contributed by atoms with Crippen LogP contribution in [0.5, 0.6) is 0 Å². The highest BCUT2D eigenvalue weighted by atomic mass is 17.1. The van der Waals surface area contributed by atoms with Crippen molar-refractivity contribution in [2.75, 3.05) is 28.9 Å². The quantitative estimate of drug-likeness (QED) is 0.317. The molecule has 0 unspecified atom stereocenters. The average Bonchev–Trinajstić information content (AvgIpc) is 3.29. The van der Waals surface area contributed by atoms with Crippen LogP contribution in [0, 0.1) is 0 Å². The Balaban J connectivity index is 1.62. The molecular weight excluding hydrogens is 514 g/mol. The van der Waals surface area contributed by atoms with Crippen LogP contribution in [0.1, 0.15) is 18.1 Å². The molecule has 0 saturated carbocycles. The van der Waals surface area contributed by atoms with Gasteiger partial charge in [-0.25, -0.2) is 14.8 Å². The Bertz CT molecular complexity index is 1530. The molecule has 2 heterocycles. The summed E-state index contributed by atoms with van der Waals surface area (Å²) in [4.78, 5) is 44.1. The molecule has 0 aromatic heterocycles. The third kappa shape index (κ3) is 5.01. The number of fused-ring (bicyclic) bond motifs is 1. The number of carbonyl (C=O) groups excluding carboxylic acids is 2. The van der Waals surface area contributed by atoms with Crippen LogP contribution in [0.3, 0.4) is 0 Å². The highest BCUT2D eigenvalue weighted by Crippen LogP contribution is 2.34. The van der Waals surface area contributed by atoms with Crippen molar-refractivity contribution >= 4 is 46.1 Å². The Morgan fingerprint density at radius 3 is 1.88 bits per heavy atom. The van der Waals surface area contributed by atoms with E-state index in [9.17, 15) is 9.59 Å². The van der Waals surface area contributed by atoms with E-state index in [1.807, 2.05) is 43.3 Å². The van der Waals surface area contributed by atoms with E-state index in [-0.39, 0.29) is 30.3 Å². The Morgan fingerprint density at radius 2 is 1.35 bits per heavy atom. The molecule has 2 aliphatic heterocycles. The second-order valence-electron chi connectivity index (χ2n) is 9.43. The van der Waals surface area contributed by atoms with Crippen LogP contribution >= 0.6 is 0 Å². The van der Waals surface area contributed by atoms with Crippen molar-refractivity contribution in [2.45, 2.75) is 20.1 Å². The van der Waals surface area contributed by atoms with Gasteiger partial charge in [0.2, 0.25) is 0 Å². The molecule has 0 atom stereocenters. The van der Waals surface area contributed by atoms with Gasteiger partial charge in [0, 0.05) is 19.8 Å². The molecule has 2 amide bonds. The van der Waals surface area contributed by atoms with E-state index < -0.39 is 11.8 Å². The number of nitrogens with zero attached hydrogens (tertiary/aromatic N) is 5. The van der Waals surface area contributed by atoms with Gasteiger partial charge in [0.15, 0.2) is 5.84 Å². The van der Waals surface area contributed by atoms with Crippen LogP contribution < -0.4 is 14.8 Å². The van der Waals surface area contributed by atoms with E-state index >= 15 is 0 Å². The lowest BCUT2D eigenvalue weighted by atomic mass is 9.96. The summed E-state index contributed by atoms with van der Waals surface area (Å²) in [7, 11) is 3.87. The van der Waals surface area contributed by atoms with E-state index in [2.05, 4.69) is 19.9 Å². The van der Waals surface area contributed by atoms with Gasteiger partial charge in [-0.2, -0.15) is 5.01 Å². The first-order valence-electron chi connectivity index (χ1n) is 12.4. The molecule has 40 heavy (non-hydrogen) atoms. The van der Waals surface area contributed by atoms with Gasteiger partial charge in [-0.05, 0) is 72.2 Å². The van der Waals surface area contributed by atoms with E-state index in [0.717, 1.165) is 5.69 Å². The van der Waals surface area contributed by atoms with Crippen LogP contribution in [0.25, 0.3) is 0 Å². The predicted molar refractivity (Wildman–Crippen MR) is 151 cm³/mol. The maximum absolute atomic E-state index is 14.0. The largest absolute Gasteiger partial charge is 0.378 e. The molecule has 0 aliphatic carbocycles. The van der Waals surface area contributed by atoms with Crippen LogP contribution in [0.15, 0.2) is 94.0 Å². The van der Waals surface area contributed by atoms with Crippen LogP contribution in [0.4, 0.5) is 22.7 Å². The Kier molecular flexibility index (Phi) is 7.54. The smallest absolute Gasteiger partial charge is 0.283 e. The molecule has 11 nitrogen and oxygen atoms in total. The SMILES string of the molecule is CC1=C2C(=O)N(c3ccc(COO)cc3)N=C2N(c2ccc(COO)cc2)C(=O)C1=Nc1ccc(N(C)C)cc1. The average molecular weight is 542 g/mol. The first-order chi connectivity index (χ1) is 19.3. The van der Waals surface area contributed by atoms with Crippen molar-refractivity contribution in [3.05, 3.63) is 95.1 Å². The van der Waals surface area contributed by atoms with Crippen molar-refractivity contribution < 1.29 is 29.9 Å². The maximum Gasteiger partial charge on any atom is 0.283 e. The van der Waals surface area contributed by atoms with E-state index in [1.54, 1.807) is 55.5 Å². The Hall–Kier alpha value is -4.68. The fourth-order valence-electron chi connectivity index (χ4n) is 4.48. The number of carbonyl (C=O) groups is 2. The molecule has 3 aromatic carbocycles. The van der Waals surface area contributed by atoms with Gasteiger partial charge in [-0.1, -0.05) is 24.3 Å². The van der Waals surface area contributed by atoms with E-state index in [1.165, 1.54) is 9.91 Å². The van der Waals surface area contributed by atoms with Gasteiger partial charge < -0.3 is 4.90 Å². The minimum atomic E-state index is -0.437. The predicted octanol–water partition coefficient (Wildman–Crippen LogP) is 4.53. The molecule has 0 bridgehead atoms. The zero-order valence-electron chi connectivity index (χ0n) is 22.1. The number of hydrazone groups is 1. The number of rotatable bonds is 8. The summed E-state index contributed by atoms with van der Waals surface area (Å²) in [6.45, 7) is 1.68. The first-order valence-corrected chi connectivity index (χ1v) is 12.4. The Labute approximate surface area is 230 Å². The number of amides is 2. The molecule has 0 spiro atoms. The van der Waals surface area contributed by atoms with Gasteiger partial charge in [-0.3, -0.25) is 25.0 Å². The first kappa shape index (κ1) is 26.9. The van der Waals surface area contributed by atoms with Crippen molar-refractivity contribution in [1.29, 1.82) is 0 Å². The topological polar surface area (TPSA) is 128 Å². The van der Waals surface area contributed by atoms with Crippen molar-refractivity contribution in [1.82, 2.24) is 0 Å². The maximum atomic E-state index is 14.0. The van der Waals surface area contributed by atoms with Crippen LogP contribution in [-0.4, -0.2) is 48.0 Å². The Morgan fingerprint density at radius 1 is 0.800 bits per heavy atom. The summed E-state index contributed by atoms with van der Waals surface area (Å²) < 4.78 is 0. The van der Waals surface area contributed by atoms with Crippen LogP contribution in [-0.2, 0) is 32.6 Å². The molecule has 2 aliphatic rings. The lowest BCUT2D eigenvalue weighted by molar-refractivity contribution is -0.253. The van der Waals surface area contributed by atoms with Gasteiger partial charge >= 0.3 is 0 Å². The van der Waals surface area contributed by atoms with E-state index in [0.29, 0.717) is 33.8 Å². The third-order valence-electron chi connectivity index (χ3n) is 6.62. The standard InChI is InChI=1S/C29H27N5O6/c1-18-25-27(31-34(28(25)35)24-12-6-20(7-13-24)17-40-38)33(23-10-4-19(5-11-23)16-39-37)29(36)26(18)30-21-8-14-22(15-9-21)32(2)3/h4-15,37-38H,16-17H2,1-3H3. The fraction of sp³-hybridized carbons (Fsp3) is 0.172. The van der Waals surface area contributed by atoms with E-state index in [4.69, 9.17) is 10.5 Å². The normalized spacial score (nSPS) is 16.1. The molecule has 0 radical (unpaired) electrons. The second-order valence-corrected chi connectivity index (χ2v) is 9.43. The minimum Gasteiger partial charge on any atom is -0.378 e. The van der Waals surface area contributed by atoms with Gasteiger partial charge in [-0.15, -0.1) is 5.10 Å². The van der Waals surface area contributed by atoms with Crippen molar-refractivity contribution in [2.24, 2.45) is 10.1 Å². The molecular formula is C29H27N5O6. The monoisotopic (exact) mass is 541 g/mol. The molecule has 0 saturated heterocycles. The number of anilines is 3. The third-order valence-corrected chi connectivity index (χ3v) is 6.62. The van der Waals surface area contributed by atoms with Crippen molar-refractivity contribution in [3.8, 4) is 0 Å².